The minimum atomic E-state index is -0.498. The van der Waals surface area contributed by atoms with Gasteiger partial charge in [0.15, 0.2) is 0 Å². The first kappa shape index (κ1) is 18.6. The highest BCUT2D eigenvalue weighted by Gasteiger charge is 2.27. The van der Waals surface area contributed by atoms with Gasteiger partial charge < -0.3 is 15.5 Å². The number of anilines is 1. The second kappa shape index (κ2) is 8.92. The lowest BCUT2D eigenvalue weighted by molar-refractivity contribution is -0.134. The van der Waals surface area contributed by atoms with E-state index in [9.17, 15) is 9.59 Å². The van der Waals surface area contributed by atoms with Crippen molar-refractivity contribution >= 4 is 29.2 Å². The maximum atomic E-state index is 12.7. The third kappa shape index (κ3) is 5.71. The fourth-order valence-corrected chi connectivity index (χ4v) is 3.11. The summed E-state index contributed by atoms with van der Waals surface area (Å²) >= 11 is 5.92. The molecular formula is C18H26ClN3O2. The number of halogens is 1. The van der Waals surface area contributed by atoms with Crippen molar-refractivity contribution in [1.82, 2.24) is 10.2 Å². The highest BCUT2D eigenvalue weighted by Crippen LogP contribution is 2.16. The molecule has 5 nitrogen and oxygen atoms in total. The molecule has 3 amide bonds. The number of carbonyl (C=O) groups is 2. The van der Waals surface area contributed by atoms with Crippen LogP contribution < -0.4 is 10.6 Å². The lowest BCUT2D eigenvalue weighted by atomic mass is 10.0. The zero-order valence-electron chi connectivity index (χ0n) is 14.3. The van der Waals surface area contributed by atoms with Gasteiger partial charge in [0, 0.05) is 23.8 Å². The van der Waals surface area contributed by atoms with Crippen LogP contribution in [-0.2, 0) is 4.79 Å². The van der Waals surface area contributed by atoms with Crippen molar-refractivity contribution in [3.05, 3.63) is 29.3 Å². The van der Waals surface area contributed by atoms with E-state index in [4.69, 9.17) is 11.6 Å². The molecule has 1 aromatic rings. The fourth-order valence-electron chi connectivity index (χ4n) is 2.92. The molecule has 1 fully saturated rings. The first-order chi connectivity index (χ1) is 11.5. The number of piperidine rings is 1. The van der Waals surface area contributed by atoms with Crippen molar-refractivity contribution in [2.24, 2.45) is 5.92 Å². The Balaban J connectivity index is 1.99. The standard InChI is InChI=1S/C18H26ClN3O2/c1-13(2)11-16(17(23)22-9-4-3-5-10-22)21-18(24)20-15-8-6-7-14(19)12-15/h6-8,12-13,16H,3-5,9-11H2,1-2H3,(H2,20,21,24)/t16-/m1/s1. The molecule has 0 saturated carbocycles. The molecule has 0 unspecified atom stereocenters. The van der Waals surface area contributed by atoms with Gasteiger partial charge in [-0.2, -0.15) is 0 Å². The van der Waals surface area contributed by atoms with Crippen LogP contribution in [0.5, 0.6) is 0 Å². The van der Waals surface area contributed by atoms with E-state index in [1.54, 1.807) is 24.3 Å². The molecule has 1 heterocycles. The predicted octanol–water partition coefficient (Wildman–Crippen LogP) is 3.89. The van der Waals surface area contributed by atoms with E-state index in [0.717, 1.165) is 25.9 Å². The van der Waals surface area contributed by atoms with Crippen molar-refractivity contribution in [3.8, 4) is 0 Å². The van der Waals surface area contributed by atoms with Crippen molar-refractivity contribution < 1.29 is 9.59 Å². The Bertz CT molecular complexity index is 571. The smallest absolute Gasteiger partial charge is 0.319 e. The van der Waals surface area contributed by atoms with E-state index >= 15 is 0 Å². The summed E-state index contributed by atoms with van der Waals surface area (Å²) in [6.07, 6.45) is 3.86. The summed E-state index contributed by atoms with van der Waals surface area (Å²) in [5.74, 6) is 0.333. The average molecular weight is 352 g/mol. The molecule has 6 heteroatoms. The molecule has 0 aliphatic carbocycles. The van der Waals surface area contributed by atoms with Gasteiger partial charge in [-0.1, -0.05) is 31.5 Å². The van der Waals surface area contributed by atoms with Gasteiger partial charge in [0.05, 0.1) is 0 Å². The summed E-state index contributed by atoms with van der Waals surface area (Å²) in [7, 11) is 0. The number of amides is 3. The number of hydrogen-bond donors (Lipinski definition) is 2. The van der Waals surface area contributed by atoms with Crippen molar-refractivity contribution in [1.29, 1.82) is 0 Å². The summed E-state index contributed by atoms with van der Waals surface area (Å²) in [5.41, 5.74) is 0.605. The number of likely N-dealkylation sites (tertiary alicyclic amines) is 1. The summed E-state index contributed by atoms with van der Waals surface area (Å²) in [5, 5.41) is 6.12. The zero-order valence-corrected chi connectivity index (χ0v) is 15.1. The molecule has 132 valence electrons. The molecule has 1 aromatic carbocycles. The summed E-state index contributed by atoms with van der Waals surface area (Å²) in [6, 6.07) is 6.06. The van der Waals surface area contributed by atoms with Gasteiger partial charge in [0.1, 0.15) is 6.04 Å². The third-order valence-corrected chi connectivity index (χ3v) is 4.30. The number of rotatable bonds is 5. The van der Waals surface area contributed by atoms with Gasteiger partial charge in [-0.25, -0.2) is 4.79 Å². The monoisotopic (exact) mass is 351 g/mol. The maximum Gasteiger partial charge on any atom is 0.319 e. The lowest BCUT2D eigenvalue weighted by Gasteiger charge is -2.31. The van der Waals surface area contributed by atoms with Crippen molar-refractivity contribution in [3.63, 3.8) is 0 Å². The Morgan fingerprint density at radius 2 is 1.92 bits per heavy atom. The lowest BCUT2D eigenvalue weighted by Crippen LogP contribution is -2.51. The SMILES string of the molecule is CC(C)C[C@@H](NC(=O)Nc1cccc(Cl)c1)C(=O)N1CCCCC1. The van der Waals surface area contributed by atoms with Crippen LogP contribution in [0.2, 0.25) is 5.02 Å². The van der Waals surface area contributed by atoms with E-state index in [2.05, 4.69) is 10.6 Å². The fraction of sp³-hybridized carbons (Fsp3) is 0.556. The Morgan fingerprint density at radius 3 is 2.54 bits per heavy atom. The van der Waals surface area contributed by atoms with Gasteiger partial charge >= 0.3 is 6.03 Å². The molecule has 0 spiro atoms. The van der Waals surface area contributed by atoms with Crippen LogP contribution in [0, 0.1) is 5.92 Å². The number of carbonyl (C=O) groups excluding carboxylic acids is 2. The second-order valence-electron chi connectivity index (χ2n) is 6.68. The molecule has 1 saturated heterocycles. The quantitative estimate of drug-likeness (QED) is 0.845. The first-order valence-corrected chi connectivity index (χ1v) is 8.95. The van der Waals surface area contributed by atoms with E-state index in [-0.39, 0.29) is 11.9 Å². The highest BCUT2D eigenvalue weighted by atomic mass is 35.5. The molecule has 1 atom stereocenters. The predicted molar refractivity (Wildman–Crippen MR) is 97.3 cm³/mol. The van der Waals surface area contributed by atoms with Crippen molar-refractivity contribution in [2.75, 3.05) is 18.4 Å². The number of urea groups is 1. The van der Waals surface area contributed by atoms with Crippen LogP contribution in [0.3, 0.4) is 0 Å². The van der Waals surface area contributed by atoms with Crippen LogP contribution >= 0.6 is 11.6 Å². The van der Waals surface area contributed by atoms with Crippen LogP contribution in [-0.4, -0.2) is 36.0 Å². The summed E-state index contributed by atoms with van der Waals surface area (Å²) in [4.78, 5) is 26.9. The second-order valence-corrected chi connectivity index (χ2v) is 7.11. The largest absolute Gasteiger partial charge is 0.341 e. The van der Waals surface area contributed by atoms with Crippen LogP contribution in [0.1, 0.15) is 39.5 Å². The molecular weight excluding hydrogens is 326 g/mol. The van der Waals surface area contributed by atoms with Crippen LogP contribution in [0.4, 0.5) is 10.5 Å². The van der Waals surface area contributed by atoms with E-state index in [0.29, 0.717) is 23.0 Å². The molecule has 0 bridgehead atoms. The molecule has 0 radical (unpaired) electrons. The molecule has 2 rings (SSSR count). The topological polar surface area (TPSA) is 61.4 Å². The highest BCUT2D eigenvalue weighted by molar-refractivity contribution is 6.30. The van der Waals surface area contributed by atoms with E-state index in [1.165, 1.54) is 6.42 Å². The number of benzene rings is 1. The number of nitrogens with zero attached hydrogens (tertiary/aromatic N) is 1. The summed E-state index contributed by atoms with van der Waals surface area (Å²) in [6.45, 7) is 5.66. The van der Waals surface area contributed by atoms with E-state index < -0.39 is 6.04 Å². The van der Waals surface area contributed by atoms with E-state index in [1.807, 2.05) is 18.7 Å². The minimum Gasteiger partial charge on any atom is -0.341 e. The van der Waals surface area contributed by atoms with Crippen molar-refractivity contribution in [2.45, 2.75) is 45.6 Å². The van der Waals surface area contributed by atoms with Crippen LogP contribution in [0.25, 0.3) is 0 Å². The number of hydrogen-bond acceptors (Lipinski definition) is 2. The Morgan fingerprint density at radius 1 is 1.21 bits per heavy atom. The van der Waals surface area contributed by atoms with Gasteiger partial charge in [-0.05, 0) is 49.8 Å². The van der Waals surface area contributed by atoms with Crippen LogP contribution in [0.15, 0.2) is 24.3 Å². The van der Waals surface area contributed by atoms with Gasteiger partial charge in [-0.15, -0.1) is 0 Å². The zero-order chi connectivity index (χ0) is 17.5. The third-order valence-electron chi connectivity index (χ3n) is 4.06. The Kier molecular flexibility index (Phi) is 6.91. The molecule has 0 aromatic heterocycles. The molecule has 1 aliphatic rings. The van der Waals surface area contributed by atoms with Gasteiger partial charge in [0.25, 0.3) is 0 Å². The normalized spacial score (nSPS) is 15.9. The maximum absolute atomic E-state index is 12.7. The van der Waals surface area contributed by atoms with Gasteiger partial charge in [0.2, 0.25) is 5.91 Å². The molecule has 24 heavy (non-hydrogen) atoms. The Labute approximate surface area is 148 Å². The number of nitrogens with one attached hydrogen (secondary N) is 2. The Hall–Kier alpha value is -1.75. The first-order valence-electron chi connectivity index (χ1n) is 8.57. The molecule has 1 aliphatic heterocycles. The molecule has 2 N–H and O–H groups in total. The summed E-state index contributed by atoms with van der Waals surface area (Å²) < 4.78 is 0. The minimum absolute atomic E-state index is 0.0182. The van der Waals surface area contributed by atoms with Gasteiger partial charge in [-0.3, -0.25) is 4.79 Å². The average Bonchev–Trinajstić information content (AvgIpc) is 2.54.